The lowest BCUT2D eigenvalue weighted by Crippen LogP contribution is -2.22. The smallest absolute Gasteiger partial charge is 0.338 e. The number of carbonyl (C=O) groups is 3. The molecule has 0 aliphatic heterocycles. The van der Waals surface area contributed by atoms with Gasteiger partial charge in [-0.25, -0.2) is 14.4 Å². The van der Waals surface area contributed by atoms with Crippen LogP contribution in [0, 0.1) is 0 Å². The molecule has 1 unspecified atom stereocenters. The lowest BCUT2D eigenvalue weighted by atomic mass is 10.1. The Morgan fingerprint density at radius 2 is 1.71 bits per heavy atom. The minimum Gasteiger partial charge on any atom is -0.478 e. The molecule has 0 saturated heterocycles. The molecule has 0 aliphatic carbocycles. The zero-order valence-corrected chi connectivity index (χ0v) is 11.8. The van der Waals surface area contributed by atoms with Crippen LogP contribution in [0.15, 0.2) is 36.4 Å². The fourth-order valence-corrected chi connectivity index (χ4v) is 1.34. The van der Waals surface area contributed by atoms with E-state index in [4.69, 9.17) is 14.6 Å². The van der Waals surface area contributed by atoms with Gasteiger partial charge in [0, 0.05) is 5.57 Å². The topological polar surface area (TPSA) is 89.9 Å². The van der Waals surface area contributed by atoms with Gasteiger partial charge in [-0.3, -0.25) is 0 Å². The third kappa shape index (κ3) is 5.10. The van der Waals surface area contributed by atoms with Crippen LogP contribution in [0.1, 0.15) is 34.6 Å². The molecule has 21 heavy (non-hydrogen) atoms. The fraction of sp³-hybridized carbons (Fsp3) is 0.267. The van der Waals surface area contributed by atoms with Gasteiger partial charge in [-0.2, -0.15) is 0 Å². The number of carbonyl (C=O) groups excluding carboxylic acids is 2. The molecule has 0 heterocycles. The molecule has 1 rings (SSSR count). The summed E-state index contributed by atoms with van der Waals surface area (Å²) in [6.07, 6.45) is -0.601. The van der Waals surface area contributed by atoms with Crippen molar-refractivity contribution in [2.45, 2.75) is 20.0 Å². The molecule has 1 atom stereocenters. The third-order valence-electron chi connectivity index (χ3n) is 2.47. The van der Waals surface area contributed by atoms with Crippen LogP contribution < -0.4 is 0 Å². The van der Waals surface area contributed by atoms with Gasteiger partial charge in [-0.05, 0) is 38.1 Å². The molecular formula is C15H16O6. The van der Waals surface area contributed by atoms with E-state index >= 15 is 0 Å². The maximum Gasteiger partial charge on any atom is 0.338 e. The van der Waals surface area contributed by atoms with Gasteiger partial charge in [-0.15, -0.1) is 0 Å². The second-order valence-corrected chi connectivity index (χ2v) is 4.48. The van der Waals surface area contributed by atoms with E-state index in [9.17, 15) is 14.4 Å². The van der Waals surface area contributed by atoms with Gasteiger partial charge >= 0.3 is 17.9 Å². The number of rotatable bonds is 6. The molecule has 0 saturated carbocycles. The molecule has 0 amide bonds. The molecule has 0 aliphatic rings. The molecular weight excluding hydrogens is 276 g/mol. The number of aromatic carboxylic acids is 1. The minimum atomic E-state index is -1.07. The number of ether oxygens (including phenoxy) is 2. The highest BCUT2D eigenvalue weighted by atomic mass is 16.6. The van der Waals surface area contributed by atoms with E-state index in [-0.39, 0.29) is 23.3 Å². The summed E-state index contributed by atoms with van der Waals surface area (Å²) in [4.78, 5) is 33.7. The molecule has 6 nitrogen and oxygen atoms in total. The van der Waals surface area contributed by atoms with Crippen LogP contribution in [0.4, 0.5) is 0 Å². The molecule has 0 radical (unpaired) electrons. The SMILES string of the molecule is C=C(C)C(=O)OC(C)COC(=O)c1ccc(C(=O)O)cc1. The van der Waals surface area contributed by atoms with Gasteiger partial charge < -0.3 is 14.6 Å². The zero-order chi connectivity index (χ0) is 16.0. The third-order valence-corrected chi connectivity index (χ3v) is 2.47. The highest BCUT2D eigenvalue weighted by Gasteiger charge is 2.14. The Bertz CT molecular complexity index is 558. The summed E-state index contributed by atoms with van der Waals surface area (Å²) >= 11 is 0. The summed E-state index contributed by atoms with van der Waals surface area (Å²) in [5.41, 5.74) is 0.561. The molecule has 112 valence electrons. The Morgan fingerprint density at radius 1 is 1.19 bits per heavy atom. The average molecular weight is 292 g/mol. The predicted molar refractivity (Wildman–Crippen MR) is 74.1 cm³/mol. The number of benzene rings is 1. The molecule has 1 N–H and O–H groups in total. The summed E-state index contributed by atoms with van der Waals surface area (Å²) in [6, 6.07) is 5.33. The van der Waals surface area contributed by atoms with E-state index in [1.165, 1.54) is 31.2 Å². The predicted octanol–water partition coefficient (Wildman–Crippen LogP) is 2.05. The van der Waals surface area contributed by atoms with Gasteiger partial charge in [0.15, 0.2) is 0 Å². The second kappa shape index (κ2) is 7.23. The Morgan fingerprint density at radius 3 is 2.19 bits per heavy atom. The Kier molecular flexibility index (Phi) is 5.66. The van der Waals surface area contributed by atoms with Crippen molar-refractivity contribution in [3.05, 3.63) is 47.5 Å². The molecule has 0 bridgehead atoms. The van der Waals surface area contributed by atoms with E-state index in [0.29, 0.717) is 0 Å². The van der Waals surface area contributed by atoms with Gasteiger partial charge in [0.1, 0.15) is 12.7 Å². The summed E-state index contributed by atoms with van der Waals surface area (Å²) in [7, 11) is 0. The first-order valence-electron chi connectivity index (χ1n) is 6.18. The zero-order valence-electron chi connectivity index (χ0n) is 11.8. The van der Waals surface area contributed by atoms with E-state index in [1.54, 1.807) is 6.92 Å². The lowest BCUT2D eigenvalue weighted by Gasteiger charge is -2.13. The number of esters is 2. The summed E-state index contributed by atoms with van der Waals surface area (Å²) in [6.45, 7) is 6.45. The van der Waals surface area contributed by atoms with Gasteiger partial charge in [0.2, 0.25) is 0 Å². The Labute approximate surface area is 122 Å². The van der Waals surface area contributed by atoms with Crippen LogP contribution in [0.2, 0.25) is 0 Å². The van der Waals surface area contributed by atoms with Crippen molar-refractivity contribution in [2.75, 3.05) is 6.61 Å². The van der Waals surface area contributed by atoms with Gasteiger partial charge in [-0.1, -0.05) is 6.58 Å². The van der Waals surface area contributed by atoms with Crippen molar-refractivity contribution >= 4 is 17.9 Å². The number of hydrogen-bond acceptors (Lipinski definition) is 5. The van der Waals surface area contributed by atoms with Crippen molar-refractivity contribution in [3.63, 3.8) is 0 Å². The first-order chi connectivity index (χ1) is 9.81. The number of carboxylic acid groups (broad SMARTS) is 1. The largest absolute Gasteiger partial charge is 0.478 e. The van der Waals surface area contributed by atoms with Crippen molar-refractivity contribution in [1.29, 1.82) is 0 Å². The second-order valence-electron chi connectivity index (χ2n) is 4.48. The van der Waals surface area contributed by atoms with E-state index < -0.39 is 24.0 Å². The molecule has 0 fully saturated rings. The van der Waals surface area contributed by atoms with Crippen molar-refractivity contribution in [2.24, 2.45) is 0 Å². The van der Waals surface area contributed by atoms with Crippen LogP contribution in [0.3, 0.4) is 0 Å². The van der Waals surface area contributed by atoms with Crippen LogP contribution in [-0.4, -0.2) is 35.7 Å². The van der Waals surface area contributed by atoms with Crippen molar-refractivity contribution < 1.29 is 29.0 Å². The maximum absolute atomic E-state index is 11.7. The quantitative estimate of drug-likeness (QED) is 0.637. The molecule has 6 heteroatoms. The number of carboxylic acids is 1. The molecule has 0 aromatic heterocycles. The Hall–Kier alpha value is -2.63. The fourth-order valence-electron chi connectivity index (χ4n) is 1.34. The summed E-state index contributed by atoms with van der Waals surface area (Å²) < 4.78 is 9.93. The summed E-state index contributed by atoms with van der Waals surface area (Å²) in [5, 5.41) is 8.75. The summed E-state index contributed by atoms with van der Waals surface area (Å²) in [5.74, 6) is -2.25. The minimum absolute atomic E-state index is 0.0790. The van der Waals surface area contributed by atoms with Crippen LogP contribution in [-0.2, 0) is 14.3 Å². The average Bonchev–Trinajstić information content (AvgIpc) is 2.44. The highest BCUT2D eigenvalue weighted by Crippen LogP contribution is 2.07. The van der Waals surface area contributed by atoms with Crippen molar-refractivity contribution in [1.82, 2.24) is 0 Å². The van der Waals surface area contributed by atoms with E-state index in [1.807, 2.05) is 0 Å². The number of hydrogen-bond donors (Lipinski definition) is 1. The molecule has 1 aromatic rings. The Balaban J connectivity index is 2.52. The van der Waals surface area contributed by atoms with Crippen LogP contribution >= 0.6 is 0 Å². The van der Waals surface area contributed by atoms with Gasteiger partial charge in [0.25, 0.3) is 0 Å². The lowest BCUT2D eigenvalue weighted by molar-refractivity contribution is -0.145. The normalized spacial score (nSPS) is 11.3. The van der Waals surface area contributed by atoms with Crippen molar-refractivity contribution in [3.8, 4) is 0 Å². The first-order valence-corrected chi connectivity index (χ1v) is 6.18. The highest BCUT2D eigenvalue weighted by molar-refractivity contribution is 5.92. The molecule has 1 aromatic carbocycles. The standard InChI is InChI=1S/C15H16O6/c1-9(2)14(18)21-10(3)8-20-15(19)12-6-4-11(5-7-12)13(16)17/h4-7,10H,1,8H2,2-3H3,(H,16,17). The van der Waals surface area contributed by atoms with E-state index in [0.717, 1.165) is 0 Å². The van der Waals surface area contributed by atoms with E-state index in [2.05, 4.69) is 6.58 Å². The monoisotopic (exact) mass is 292 g/mol. The first kappa shape index (κ1) is 16.4. The van der Waals surface area contributed by atoms with Crippen LogP contribution in [0.5, 0.6) is 0 Å². The maximum atomic E-state index is 11.7. The van der Waals surface area contributed by atoms with Crippen LogP contribution in [0.25, 0.3) is 0 Å². The van der Waals surface area contributed by atoms with Gasteiger partial charge in [0.05, 0.1) is 11.1 Å². The molecule has 0 spiro atoms.